The van der Waals surface area contributed by atoms with E-state index in [0.717, 1.165) is 32.0 Å². The van der Waals surface area contributed by atoms with Crippen molar-refractivity contribution in [3.8, 4) is 0 Å². The standard InChI is InChI=1S/C16H24N2O/c1-19-15-9-14-6-2-3-7-16(14)18(12-15)11-13-5-4-8-17-10-13/h2-3,6-7,13,15,17H,4-5,8-12H2,1H3. The maximum atomic E-state index is 5.61. The molecule has 2 unspecified atom stereocenters. The van der Waals surface area contributed by atoms with Crippen molar-refractivity contribution in [3.05, 3.63) is 29.8 Å². The number of hydrogen-bond acceptors (Lipinski definition) is 3. The Hall–Kier alpha value is -1.06. The van der Waals surface area contributed by atoms with Gasteiger partial charge in [-0.2, -0.15) is 0 Å². The van der Waals surface area contributed by atoms with E-state index in [4.69, 9.17) is 4.74 Å². The van der Waals surface area contributed by atoms with Gasteiger partial charge in [0.15, 0.2) is 0 Å². The minimum absolute atomic E-state index is 0.339. The van der Waals surface area contributed by atoms with Crippen LogP contribution in [0.1, 0.15) is 18.4 Å². The van der Waals surface area contributed by atoms with Gasteiger partial charge >= 0.3 is 0 Å². The van der Waals surface area contributed by atoms with Crippen molar-refractivity contribution in [3.63, 3.8) is 0 Å². The SMILES string of the molecule is COC1Cc2ccccc2N(CC2CCCNC2)C1. The number of nitrogens with zero attached hydrogens (tertiary/aromatic N) is 1. The van der Waals surface area contributed by atoms with Crippen LogP contribution in [-0.4, -0.2) is 39.4 Å². The number of benzene rings is 1. The van der Waals surface area contributed by atoms with E-state index in [0.29, 0.717) is 6.10 Å². The van der Waals surface area contributed by atoms with Crippen LogP contribution in [0.15, 0.2) is 24.3 Å². The molecule has 0 aliphatic carbocycles. The van der Waals surface area contributed by atoms with Crippen LogP contribution < -0.4 is 10.2 Å². The lowest BCUT2D eigenvalue weighted by Gasteiger charge is -2.38. The number of nitrogens with one attached hydrogen (secondary N) is 1. The fourth-order valence-corrected chi connectivity index (χ4v) is 3.37. The van der Waals surface area contributed by atoms with Gasteiger partial charge in [-0.25, -0.2) is 0 Å². The third-order valence-electron chi connectivity index (χ3n) is 4.41. The predicted octanol–water partition coefficient (Wildman–Crippen LogP) is 2.06. The number of hydrogen-bond donors (Lipinski definition) is 1. The second-order valence-corrected chi connectivity index (χ2v) is 5.81. The molecule has 2 atom stereocenters. The van der Waals surface area contributed by atoms with Gasteiger partial charge in [0.25, 0.3) is 0 Å². The van der Waals surface area contributed by atoms with Crippen LogP contribution in [-0.2, 0) is 11.2 Å². The molecule has 3 nitrogen and oxygen atoms in total. The zero-order valence-electron chi connectivity index (χ0n) is 11.8. The summed E-state index contributed by atoms with van der Waals surface area (Å²) in [6.45, 7) is 4.54. The minimum atomic E-state index is 0.339. The predicted molar refractivity (Wildman–Crippen MR) is 78.7 cm³/mol. The van der Waals surface area contributed by atoms with E-state index in [2.05, 4.69) is 34.5 Å². The van der Waals surface area contributed by atoms with Crippen molar-refractivity contribution < 1.29 is 4.74 Å². The summed E-state index contributed by atoms with van der Waals surface area (Å²) in [5, 5.41) is 3.52. The van der Waals surface area contributed by atoms with Crippen molar-refractivity contribution in [2.75, 3.05) is 38.2 Å². The molecular formula is C16H24N2O. The second-order valence-electron chi connectivity index (χ2n) is 5.81. The first-order valence-electron chi connectivity index (χ1n) is 7.43. The van der Waals surface area contributed by atoms with E-state index in [1.54, 1.807) is 0 Å². The molecule has 1 aromatic rings. The fourth-order valence-electron chi connectivity index (χ4n) is 3.37. The number of rotatable bonds is 3. The average molecular weight is 260 g/mol. The maximum Gasteiger partial charge on any atom is 0.0787 e. The molecule has 0 aromatic heterocycles. The molecule has 3 rings (SSSR count). The highest BCUT2D eigenvalue weighted by Crippen LogP contribution is 2.29. The van der Waals surface area contributed by atoms with Crippen LogP contribution in [0.5, 0.6) is 0 Å². The lowest BCUT2D eigenvalue weighted by molar-refractivity contribution is 0.103. The second kappa shape index (κ2) is 5.93. The first-order valence-corrected chi connectivity index (χ1v) is 7.43. The molecule has 3 heteroatoms. The summed E-state index contributed by atoms with van der Waals surface area (Å²) in [5.41, 5.74) is 2.85. The van der Waals surface area contributed by atoms with Gasteiger partial charge in [0, 0.05) is 32.3 Å². The molecule has 1 N–H and O–H groups in total. The molecule has 1 saturated heterocycles. The summed E-state index contributed by atoms with van der Waals surface area (Å²) in [6, 6.07) is 8.79. The Balaban J connectivity index is 1.75. The largest absolute Gasteiger partial charge is 0.379 e. The van der Waals surface area contributed by atoms with Crippen molar-refractivity contribution in [1.29, 1.82) is 0 Å². The van der Waals surface area contributed by atoms with Gasteiger partial charge in [0.1, 0.15) is 0 Å². The Bertz CT molecular complexity index is 415. The summed E-state index contributed by atoms with van der Waals surface area (Å²) in [7, 11) is 1.83. The molecule has 2 aliphatic heterocycles. The topological polar surface area (TPSA) is 24.5 Å². The van der Waals surface area contributed by atoms with Gasteiger partial charge in [-0.15, -0.1) is 0 Å². The monoisotopic (exact) mass is 260 g/mol. The minimum Gasteiger partial charge on any atom is -0.379 e. The number of para-hydroxylation sites is 1. The van der Waals surface area contributed by atoms with Gasteiger partial charge < -0.3 is 15.0 Å². The first kappa shape index (κ1) is 12.9. The summed E-state index contributed by atoms with van der Waals surface area (Å²) < 4.78 is 5.61. The van der Waals surface area contributed by atoms with E-state index in [1.165, 1.54) is 30.6 Å². The summed E-state index contributed by atoms with van der Waals surface area (Å²) >= 11 is 0. The number of anilines is 1. The number of methoxy groups -OCH3 is 1. The zero-order valence-corrected chi connectivity index (χ0v) is 11.8. The van der Waals surface area contributed by atoms with Crippen LogP contribution in [0, 0.1) is 5.92 Å². The molecule has 2 heterocycles. The molecule has 0 amide bonds. The van der Waals surface area contributed by atoms with Crippen LogP contribution in [0.25, 0.3) is 0 Å². The smallest absolute Gasteiger partial charge is 0.0787 e. The molecular weight excluding hydrogens is 236 g/mol. The van der Waals surface area contributed by atoms with Gasteiger partial charge in [-0.1, -0.05) is 18.2 Å². The number of piperidine rings is 1. The highest BCUT2D eigenvalue weighted by Gasteiger charge is 2.26. The quantitative estimate of drug-likeness (QED) is 0.900. The van der Waals surface area contributed by atoms with Crippen LogP contribution in [0.2, 0.25) is 0 Å². The maximum absolute atomic E-state index is 5.61. The van der Waals surface area contributed by atoms with E-state index in [1.807, 2.05) is 7.11 Å². The lowest BCUT2D eigenvalue weighted by Crippen LogP contribution is -2.44. The van der Waals surface area contributed by atoms with Crippen molar-refractivity contribution >= 4 is 5.69 Å². The molecule has 1 aromatic carbocycles. The molecule has 104 valence electrons. The Kier molecular flexibility index (Phi) is 4.04. The number of ether oxygens (including phenoxy) is 1. The fraction of sp³-hybridized carbons (Fsp3) is 0.625. The first-order chi connectivity index (χ1) is 9.36. The molecule has 1 fully saturated rings. The van der Waals surface area contributed by atoms with Gasteiger partial charge in [0.05, 0.1) is 6.10 Å². The van der Waals surface area contributed by atoms with Crippen molar-refractivity contribution in [2.24, 2.45) is 5.92 Å². The van der Waals surface area contributed by atoms with E-state index >= 15 is 0 Å². The molecule has 0 saturated carbocycles. The summed E-state index contributed by atoms with van der Waals surface area (Å²) in [5.74, 6) is 0.775. The Labute approximate surface area is 115 Å². The Morgan fingerprint density at radius 2 is 2.26 bits per heavy atom. The van der Waals surface area contributed by atoms with Gasteiger partial charge in [0.2, 0.25) is 0 Å². The highest BCUT2D eigenvalue weighted by atomic mass is 16.5. The van der Waals surface area contributed by atoms with Crippen molar-refractivity contribution in [2.45, 2.75) is 25.4 Å². The van der Waals surface area contributed by atoms with Crippen molar-refractivity contribution in [1.82, 2.24) is 5.32 Å². The zero-order chi connectivity index (χ0) is 13.1. The highest BCUT2D eigenvalue weighted by molar-refractivity contribution is 5.56. The van der Waals surface area contributed by atoms with E-state index in [-0.39, 0.29) is 0 Å². The van der Waals surface area contributed by atoms with Crippen LogP contribution >= 0.6 is 0 Å². The normalized spacial score (nSPS) is 27.1. The molecule has 19 heavy (non-hydrogen) atoms. The third-order valence-corrected chi connectivity index (χ3v) is 4.41. The average Bonchev–Trinajstić information content (AvgIpc) is 2.48. The molecule has 0 radical (unpaired) electrons. The Morgan fingerprint density at radius 1 is 1.37 bits per heavy atom. The summed E-state index contributed by atoms with van der Waals surface area (Å²) in [4.78, 5) is 2.53. The summed E-state index contributed by atoms with van der Waals surface area (Å²) in [6.07, 6.45) is 4.05. The molecule has 0 spiro atoms. The third kappa shape index (κ3) is 2.93. The van der Waals surface area contributed by atoms with Gasteiger partial charge in [-0.05, 0) is 43.5 Å². The Morgan fingerprint density at radius 3 is 3.05 bits per heavy atom. The molecule has 0 bridgehead atoms. The lowest BCUT2D eigenvalue weighted by atomic mass is 9.95. The number of fused-ring (bicyclic) bond motifs is 1. The van der Waals surface area contributed by atoms with Crippen LogP contribution in [0.3, 0.4) is 0 Å². The van der Waals surface area contributed by atoms with E-state index < -0.39 is 0 Å². The molecule has 2 aliphatic rings. The van der Waals surface area contributed by atoms with E-state index in [9.17, 15) is 0 Å². The van der Waals surface area contributed by atoms with Gasteiger partial charge in [-0.3, -0.25) is 0 Å². The van der Waals surface area contributed by atoms with Crippen LogP contribution in [0.4, 0.5) is 5.69 Å².